The number of hydrogen-bond donors (Lipinski definition) is 4. The van der Waals surface area contributed by atoms with Gasteiger partial charge in [-0.2, -0.15) is 4.98 Å². The Hall–Kier alpha value is -2.87. The molecule has 152 valence electrons. The Bertz CT molecular complexity index is 826. The standard InChI is InChI=1S/C20H28N4O4/c1-12(5-4-8-25)22-19-16(13(2)23-20(21)24-19)11-15-9-14(10-18(26)27)6-7-17(15)28-3/h6-7,9,12,25H,4-5,8,10-11H2,1-3H3,(H,26,27)(H3,21,22,23,24). The Labute approximate surface area is 164 Å². The van der Waals surface area contributed by atoms with Gasteiger partial charge in [0.15, 0.2) is 0 Å². The van der Waals surface area contributed by atoms with Gasteiger partial charge in [-0.05, 0) is 43.9 Å². The zero-order valence-electron chi connectivity index (χ0n) is 16.5. The van der Waals surface area contributed by atoms with Crippen molar-refractivity contribution in [2.45, 2.75) is 45.6 Å². The molecule has 0 saturated heterocycles. The first-order chi connectivity index (χ1) is 13.3. The molecule has 0 aliphatic heterocycles. The second-order valence-electron chi connectivity index (χ2n) is 6.80. The molecule has 0 fully saturated rings. The van der Waals surface area contributed by atoms with Crippen molar-refractivity contribution in [2.75, 3.05) is 24.8 Å². The SMILES string of the molecule is COc1ccc(CC(=O)O)cc1Cc1c(C)nc(N)nc1NC(C)CCCO. The van der Waals surface area contributed by atoms with E-state index in [1.54, 1.807) is 19.2 Å². The molecule has 0 aliphatic rings. The minimum atomic E-state index is -0.886. The summed E-state index contributed by atoms with van der Waals surface area (Å²) in [4.78, 5) is 19.7. The summed E-state index contributed by atoms with van der Waals surface area (Å²) in [5, 5.41) is 21.5. The van der Waals surface area contributed by atoms with E-state index in [4.69, 9.17) is 20.7 Å². The number of methoxy groups -OCH3 is 1. The van der Waals surface area contributed by atoms with Crippen molar-refractivity contribution < 1.29 is 19.7 Å². The third-order valence-electron chi connectivity index (χ3n) is 4.48. The van der Waals surface area contributed by atoms with E-state index in [0.717, 1.165) is 23.2 Å². The number of aliphatic hydroxyl groups excluding tert-OH is 1. The average molecular weight is 388 g/mol. The molecule has 8 heteroatoms. The minimum absolute atomic E-state index is 0.0580. The number of carbonyl (C=O) groups is 1. The number of rotatable bonds is 10. The molecular weight excluding hydrogens is 360 g/mol. The number of anilines is 2. The van der Waals surface area contributed by atoms with Gasteiger partial charge < -0.3 is 26.0 Å². The summed E-state index contributed by atoms with van der Waals surface area (Å²) >= 11 is 0. The van der Waals surface area contributed by atoms with Gasteiger partial charge in [0, 0.05) is 30.3 Å². The third kappa shape index (κ3) is 5.82. The van der Waals surface area contributed by atoms with Crippen LogP contribution in [-0.4, -0.2) is 45.9 Å². The van der Waals surface area contributed by atoms with Crippen LogP contribution in [0.5, 0.6) is 5.75 Å². The number of benzene rings is 1. The highest BCUT2D eigenvalue weighted by Gasteiger charge is 2.16. The van der Waals surface area contributed by atoms with Crippen molar-refractivity contribution in [3.63, 3.8) is 0 Å². The van der Waals surface area contributed by atoms with E-state index in [9.17, 15) is 4.79 Å². The number of ether oxygens (including phenoxy) is 1. The van der Waals surface area contributed by atoms with E-state index in [1.165, 1.54) is 0 Å². The van der Waals surface area contributed by atoms with Gasteiger partial charge in [-0.25, -0.2) is 4.98 Å². The fraction of sp³-hybridized carbons (Fsp3) is 0.450. The van der Waals surface area contributed by atoms with Crippen LogP contribution < -0.4 is 15.8 Å². The summed E-state index contributed by atoms with van der Waals surface area (Å²) in [5.41, 5.74) is 9.01. The quantitative estimate of drug-likeness (QED) is 0.487. The van der Waals surface area contributed by atoms with Gasteiger partial charge in [0.2, 0.25) is 5.95 Å². The lowest BCUT2D eigenvalue weighted by Crippen LogP contribution is -2.19. The molecule has 0 radical (unpaired) electrons. The number of carboxylic acid groups (broad SMARTS) is 1. The van der Waals surface area contributed by atoms with E-state index >= 15 is 0 Å². The highest BCUT2D eigenvalue weighted by Crippen LogP contribution is 2.28. The number of hydrogen-bond acceptors (Lipinski definition) is 7. The summed E-state index contributed by atoms with van der Waals surface area (Å²) in [7, 11) is 1.58. The topological polar surface area (TPSA) is 131 Å². The van der Waals surface area contributed by atoms with Gasteiger partial charge in [-0.3, -0.25) is 4.79 Å². The Morgan fingerprint density at radius 1 is 1.36 bits per heavy atom. The maximum Gasteiger partial charge on any atom is 0.307 e. The Morgan fingerprint density at radius 2 is 2.11 bits per heavy atom. The molecule has 1 unspecified atom stereocenters. The lowest BCUT2D eigenvalue weighted by molar-refractivity contribution is -0.136. The molecule has 0 saturated carbocycles. The van der Waals surface area contributed by atoms with Gasteiger partial charge in [0.25, 0.3) is 0 Å². The van der Waals surface area contributed by atoms with Gasteiger partial charge in [0.1, 0.15) is 11.6 Å². The normalized spacial score (nSPS) is 11.9. The molecule has 1 aromatic carbocycles. The minimum Gasteiger partial charge on any atom is -0.496 e. The van der Waals surface area contributed by atoms with Crippen LogP contribution in [0.4, 0.5) is 11.8 Å². The van der Waals surface area contributed by atoms with E-state index in [1.807, 2.05) is 19.9 Å². The van der Waals surface area contributed by atoms with E-state index in [-0.39, 0.29) is 25.0 Å². The summed E-state index contributed by atoms with van der Waals surface area (Å²) in [6.07, 6.45) is 1.89. The Morgan fingerprint density at radius 3 is 2.75 bits per heavy atom. The van der Waals surface area contributed by atoms with Crippen LogP contribution in [0.25, 0.3) is 0 Å². The van der Waals surface area contributed by atoms with E-state index in [2.05, 4.69) is 15.3 Å². The second-order valence-corrected chi connectivity index (χ2v) is 6.80. The average Bonchev–Trinajstić information content (AvgIpc) is 2.62. The number of nitrogens with one attached hydrogen (secondary N) is 1. The van der Waals surface area contributed by atoms with Crippen LogP contribution >= 0.6 is 0 Å². The van der Waals surface area contributed by atoms with E-state index in [0.29, 0.717) is 30.0 Å². The predicted molar refractivity (Wildman–Crippen MR) is 108 cm³/mol. The Kier molecular flexibility index (Phi) is 7.57. The fourth-order valence-electron chi connectivity index (χ4n) is 3.10. The van der Waals surface area contributed by atoms with Crippen molar-refractivity contribution in [1.29, 1.82) is 0 Å². The van der Waals surface area contributed by atoms with Crippen LogP contribution in [0.3, 0.4) is 0 Å². The molecule has 2 rings (SSSR count). The predicted octanol–water partition coefficient (Wildman–Crippen LogP) is 2.17. The first-order valence-electron chi connectivity index (χ1n) is 9.22. The summed E-state index contributed by atoms with van der Waals surface area (Å²) in [6.45, 7) is 4.02. The van der Waals surface area contributed by atoms with Gasteiger partial charge >= 0.3 is 5.97 Å². The molecule has 0 amide bonds. The molecule has 2 aromatic rings. The molecule has 1 atom stereocenters. The largest absolute Gasteiger partial charge is 0.496 e. The van der Waals surface area contributed by atoms with Gasteiger partial charge in [-0.15, -0.1) is 0 Å². The summed E-state index contributed by atoms with van der Waals surface area (Å²) in [6, 6.07) is 5.46. The number of nitrogen functional groups attached to an aromatic ring is 1. The van der Waals surface area contributed by atoms with Crippen LogP contribution in [0.1, 0.15) is 42.1 Å². The Balaban J connectivity index is 2.38. The molecule has 28 heavy (non-hydrogen) atoms. The van der Waals surface area contributed by atoms with Crippen LogP contribution in [0.2, 0.25) is 0 Å². The lowest BCUT2D eigenvalue weighted by atomic mass is 9.99. The first kappa shape index (κ1) is 21.4. The zero-order chi connectivity index (χ0) is 20.7. The number of aliphatic carboxylic acids is 1. The van der Waals surface area contributed by atoms with E-state index < -0.39 is 5.97 Å². The molecule has 0 aliphatic carbocycles. The first-order valence-corrected chi connectivity index (χ1v) is 9.22. The van der Waals surface area contributed by atoms with Crippen LogP contribution in [0, 0.1) is 6.92 Å². The lowest BCUT2D eigenvalue weighted by Gasteiger charge is -2.19. The van der Waals surface area contributed by atoms with Gasteiger partial charge in [0.05, 0.1) is 13.5 Å². The van der Waals surface area contributed by atoms with Crippen molar-refractivity contribution in [3.05, 3.63) is 40.6 Å². The van der Waals surface area contributed by atoms with Crippen molar-refractivity contribution >= 4 is 17.7 Å². The molecule has 1 aromatic heterocycles. The number of aryl methyl sites for hydroxylation is 1. The monoisotopic (exact) mass is 388 g/mol. The second kappa shape index (κ2) is 9.89. The highest BCUT2D eigenvalue weighted by molar-refractivity contribution is 5.70. The molecule has 0 bridgehead atoms. The number of nitrogens with two attached hydrogens (primary N) is 1. The maximum absolute atomic E-state index is 11.1. The fourth-order valence-corrected chi connectivity index (χ4v) is 3.10. The van der Waals surface area contributed by atoms with Crippen molar-refractivity contribution in [1.82, 2.24) is 9.97 Å². The molecular formula is C20H28N4O4. The molecule has 0 spiro atoms. The number of nitrogens with zero attached hydrogens (tertiary/aromatic N) is 2. The molecule has 5 N–H and O–H groups in total. The maximum atomic E-state index is 11.1. The number of aliphatic hydroxyl groups is 1. The molecule has 8 nitrogen and oxygen atoms in total. The van der Waals surface area contributed by atoms with Crippen LogP contribution in [0.15, 0.2) is 18.2 Å². The number of carboxylic acids is 1. The zero-order valence-corrected chi connectivity index (χ0v) is 16.5. The van der Waals surface area contributed by atoms with Crippen molar-refractivity contribution in [2.24, 2.45) is 0 Å². The summed E-state index contributed by atoms with van der Waals surface area (Å²) in [5.74, 6) is 0.610. The van der Waals surface area contributed by atoms with Gasteiger partial charge in [-0.1, -0.05) is 12.1 Å². The van der Waals surface area contributed by atoms with Crippen molar-refractivity contribution in [3.8, 4) is 5.75 Å². The third-order valence-corrected chi connectivity index (χ3v) is 4.48. The summed E-state index contributed by atoms with van der Waals surface area (Å²) < 4.78 is 5.45. The van der Waals surface area contributed by atoms with Crippen LogP contribution in [-0.2, 0) is 17.6 Å². The highest BCUT2D eigenvalue weighted by atomic mass is 16.5. The number of aromatic nitrogens is 2. The molecule has 1 heterocycles. The smallest absolute Gasteiger partial charge is 0.307 e.